The lowest BCUT2D eigenvalue weighted by molar-refractivity contribution is -0.112. The van der Waals surface area contributed by atoms with Crippen LogP contribution in [0.2, 0.25) is 0 Å². The number of nitrogens with one attached hydrogen (secondary N) is 2. The number of H-pyrrole nitrogens is 1. The van der Waals surface area contributed by atoms with Gasteiger partial charge in [0.05, 0.1) is 13.7 Å². The average molecular weight is 270 g/mol. The molecule has 2 heterocycles. The fourth-order valence-corrected chi connectivity index (χ4v) is 2.38. The molecule has 2 N–H and O–H groups in total. The molecule has 0 saturated heterocycles. The molecular formula is C10H14N4O3S. The first-order valence-corrected chi connectivity index (χ1v) is 6.49. The Kier molecular flexibility index (Phi) is 4.08. The molecule has 0 spiro atoms. The van der Waals surface area contributed by atoms with Crippen LogP contribution in [0.5, 0.6) is 6.01 Å². The maximum atomic E-state index is 12.0. The Labute approximate surface area is 108 Å². The first kappa shape index (κ1) is 12.7. The van der Waals surface area contributed by atoms with Gasteiger partial charge in [0.1, 0.15) is 10.7 Å². The zero-order chi connectivity index (χ0) is 13.0. The zero-order valence-corrected chi connectivity index (χ0v) is 11.0. The molecular weight excluding hydrogens is 256 g/mol. The predicted molar refractivity (Wildman–Crippen MR) is 67.3 cm³/mol. The smallest absolute Gasteiger partial charge is 0.336 e. The summed E-state index contributed by atoms with van der Waals surface area (Å²) in [6.07, 6.45) is 0.690. The molecule has 8 heteroatoms. The van der Waals surface area contributed by atoms with Gasteiger partial charge in [-0.15, -0.1) is 16.9 Å². The number of hydrogen-bond acceptors (Lipinski definition) is 6. The Morgan fingerprint density at radius 2 is 2.50 bits per heavy atom. The molecule has 18 heavy (non-hydrogen) atoms. The van der Waals surface area contributed by atoms with Crippen molar-refractivity contribution in [2.24, 2.45) is 0 Å². The maximum Gasteiger partial charge on any atom is 0.336 e. The minimum atomic E-state index is -0.240. The number of aromatic amines is 1. The van der Waals surface area contributed by atoms with Crippen molar-refractivity contribution in [3.63, 3.8) is 0 Å². The number of allylic oxidation sites excluding steroid dienone is 1. The molecule has 0 atom stereocenters. The number of nitrogens with zero attached hydrogens (tertiary/aromatic N) is 2. The van der Waals surface area contributed by atoms with Gasteiger partial charge in [0.2, 0.25) is 5.95 Å². The van der Waals surface area contributed by atoms with Crippen LogP contribution in [-0.4, -0.2) is 40.6 Å². The van der Waals surface area contributed by atoms with Crippen molar-refractivity contribution < 1.29 is 14.3 Å². The van der Waals surface area contributed by atoms with E-state index in [0.717, 1.165) is 11.5 Å². The van der Waals surface area contributed by atoms with E-state index in [1.54, 1.807) is 0 Å². The highest BCUT2D eigenvalue weighted by Gasteiger charge is 2.21. The van der Waals surface area contributed by atoms with Crippen LogP contribution in [0.25, 0.3) is 0 Å². The van der Waals surface area contributed by atoms with E-state index >= 15 is 0 Å². The summed E-state index contributed by atoms with van der Waals surface area (Å²) in [6.45, 7) is 2.59. The first-order chi connectivity index (χ1) is 8.74. The molecule has 1 aromatic rings. The minimum absolute atomic E-state index is 0.183. The van der Waals surface area contributed by atoms with Crippen molar-refractivity contribution in [2.75, 3.05) is 24.8 Å². The number of carbonyl (C=O) groups is 1. The number of hydrogen-bond donors (Lipinski definition) is 2. The second-order valence-corrected chi connectivity index (χ2v) is 4.53. The van der Waals surface area contributed by atoms with Crippen LogP contribution in [0.3, 0.4) is 0 Å². The number of ether oxygens (including phenoxy) is 2. The van der Waals surface area contributed by atoms with Crippen LogP contribution in [0.1, 0.15) is 13.3 Å². The lowest BCUT2D eigenvalue weighted by Crippen LogP contribution is -2.19. The summed E-state index contributed by atoms with van der Waals surface area (Å²) in [5.41, 5.74) is 0. The number of anilines is 1. The summed E-state index contributed by atoms with van der Waals surface area (Å²) < 4.78 is 10.3. The van der Waals surface area contributed by atoms with Gasteiger partial charge in [-0.2, -0.15) is 4.98 Å². The molecule has 2 rings (SSSR count). The highest BCUT2D eigenvalue weighted by Crippen LogP contribution is 2.28. The lowest BCUT2D eigenvalue weighted by Gasteiger charge is -2.18. The molecule has 7 nitrogen and oxygen atoms in total. The summed E-state index contributed by atoms with van der Waals surface area (Å²) in [5, 5.41) is 8.94. The Balaban J connectivity index is 2.09. The van der Waals surface area contributed by atoms with Crippen LogP contribution in [0, 0.1) is 0 Å². The molecule has 98 valence electrons. The Hall–Kier alpha value is -1.70. The van der Waals surface area contributed by atoms with Crippen LogP contribution in [0.15, 0.2) is 10.7 Å². The number of rotatable bonds is 4. The fourth-order valence-electron chi connectivity index (χ4n) is 1.47. The van der Waals surface area contributed by atoms with Gasteiger partial charge >= 0.3 is 6.01 Å². The van der Waals surface area contributed by atoms with E-state index in [1.165, 1.54) is 18.9 Å². The van der Waals surface area contributed by atoms with Crippen molar-refractivity contribution in [2.45, 2.75) is 13.3 Å². The van der Waals surface area contributed by atoms with Crippen LogP contribution in [-0.2, 0) is 9.53 Å². The van der Waals surface area contributed by atoms with Crippen molar-refractivity contribution in [3.8, 4) is 6.01 Å². The quantitative estimate of drug-likeness (QED) is 0.852. The molecule has 0 saturated carbocycles. The van der Waals surface area contributed by atoms with E-state index < -0.39 is 0 Å². The van der Waals surface area contributed by atoms with Gasteiger partial charge in [-0.25, -0.2) is 5.10 Å². The third-order valence-corrected chi connectivity index (χ3v) is 3.34. The molecule has 0 unspecified atom stereocenters. The topological polar surface area (TPSA) is 89.1 Å². The largest absolute Gasteiger partial charge is 0.496 e. The van der Waals surface area contributed by atoms with Crippen molar-refractivity contribution in [1.82, 2.24) is 15.2 Å². The van der Waals surface area contributed by atoms with Crippen LogP contribution < -0.4 is 10.1 Å². The Morgan fingerprint density at radius 1 is 1.67 bits per heavy atom. The number of amides is 1. The Morgan fingerprint density at radius 3 is 3.17 bits per heavy atom. The molecule has 0 radical (unpaired) electrons. The van der Waals surface area contributed by atoms with Gasteiger partial charge < -0.3 is 9.47 Å². The number of aromatic nitrogens is 3. The first-order valence-electron chi connectivity index (χ1n) is 5.51. The van der Waals surface area contributed by atoms with E-state index in [1.807, 2.05) is 6.92 Å². The van der Waals surface area contributed by atoms with Gasteiger partial charge in [-0.3, -0.25) is 10.1 Å². The molecule has 1 aliphatic heterocycles. The molecule has 1 aliphatic rings. The second kappa shape index (κ2) is 5.76. The van der Waals surface area contributed by atoms with E-state index in [0.29, 0.717) is 17.9 Å². The van der Waals surface area contributed by atoms with Crippen LogP contribution >= 0.6 is 11.8 Å². The molecule has 1 amide bonds. The van der Waals surface area contributed by atoms with Crippen molar-refractivity contribution in [1.29, 1.82) is 0 Å². The van der Waals surface area contributed by atoms with Crippen molar-refractivity contribution in [3.05, 3.63) is 10.7 Å². The average Bonchev–Trinajstić information content (AvgIpc) is 2.86. The predicted octanol–water partition coefficient (Wildman–Crippen LogP) is 1.14. The standard InChI is InChI=1S/C10H14N4O3S/c1-3-6-7(18-5-4-17-6)8(15)11-9-12-10(16-2)14-13-9/h3-5H2,1-2H3,(H2,11,12,13,14,15). The molecule has 0 aliphatic carbocycles. The summed E-state index contributed by atoms with van der Waals surface area (Å²) in [5.74, 6) is 1.50. The SMILES string of the molecule is CCC1=C(C(=O)Nc2nc(OC)n[nH]2)SCCO1. The van der Waals surface area contributed by atoms with E-state index in [9.17, 15) is 4.79 Å². The number of methoxy groups -OCH3 is 1. The summed E-state index contributed by atoms with van der Waals surface area (Å²) >= 11 is 1.49. The van der Waals surface area contributed by atoms with Crippen molar-refractivity contribution >= 4 is 23.6 Å². The molecule has 0 aromatic carbocycles. The zero-order valence-electron chi connectivity index (χ0n) is 10.1. The molecule has 1 aromatic heterocycles. The number of thioether (sulfide) groups is 1. The fraction of sp³-hybridized carbons (Fsp3) is 0.500. The van der Waals surface area contributed by atoms with Gasteiger partial charge in [0.15, 0.2) is 0 Å². The second-order valence-electron chi connectivity index (χ2n) is 3.43. The maximum absolute atomic E-state index is 12.0. The summed E-state index contributed by atoms with van der Waals surface area (Å²) in [4.78, 5) is 16.6. The third kappa shape index (κ3) is 2.76. The van der Waals surface area contributed by atoms with Gasteiger partial charge in [-0.05, 0) is 0 Å². The minimum Gasteiger partial charge on any atom is -0.496 e. The van der Waals surface area contributed by atoms with Crippen LogP contribution in [0.4, 0.5) is 5.95 Å². The highest BCUT2D eigenvalue weighted by atomic mass is 32.2. The van der Waals surface area contributed by atoms with E-state index in [4.69, 9.17) is 9.47 Å². The summed E-state index contributed by atoms with van der Waals surface area (Å²) in [6, 6.07) is 0.183. The van der Waals surface area contributed by atoms with Gasteiger partial charge in [0, 0.05) is 12.2 Å². The summed E-state index contributed by atoms with van der Waals surface area (Å²) in [7, 11) is 1.46. The van der Waals surface area contributed by atoms with E-state index in [-0.39, 0.29) is 17.9 Å². The van der Waals surface area contributed by atoms with Gasteiger partial charge in [0.25, 0.3) is 5.91 Å². The highest BCUT2D eigenvalue weighted by molar-refractivity contribution is 8.04. The monoisotopic (exact) mass is 270 g/mol. The normalized spacial score (nSPS) is 15.2. The lowest BCUT2D eigenvalue weighted by atomic mass is 10.3. The molecule has 0 bridgehead atoms. The number of carbonyl (C=O) groups excluding carboxylic acids is 1. The van der Waals surface area contributed by atoms with E-state index in [2.05, 4.69) is 20.5 Å². The van der Waals surface area contributed by atoms with Gasteiger partial charge in [-0.1, -0.05) is 6.92 Å². The Bertz CT molecular complexity index is 471. The molecule has 0 fully saturated rings. The third-order valence-electron chi connectivity index (χ3n) is 2.27.